The van der Waals surface area contributed by atoms with Crippen LogP contribution in [0.1, 0.15) is 64.2 Å². The van der Waals surface area contributed by atoms with Gasteiger partial charge in [-0.05, 0) is 0 Å². The van der Waals surface area contributed by atoms with E-state index in [9.17, 15) is 47.9 Å². The highest BCUT2D eigenvalue weighted by molar-refractivity contribution is 5.77. The van der Waals surface area contributed by atoms with E-state index >= 15 is 0 Å². The summed E-state index contributed by atoms with van der Waals surface area (Å²) in [6.45, 7) is 0. The molecular weight excluding hydrogens is 560 g/mol. The molecule has 0 aliphatic rings. The molecule has 0 aromatic heterocycles. The molecule has 0 radical (unpaired) electrons. The number of carbonyl (C=O) groups is 10. The maximum absolute atomic E-state index is 9.64. The van der Waals surface area contributed by atoms with Crippen LogP contribution in [0.4, 0.5) is 0 Å². The predicted molar refractivity (Wildman–Crippen MR) is 123 cm³/mol. The van der Waals surface area contributed by atoms with E-state index in [4.69, 9.17) is 51.1 Å². The van der Waals surface area contributed by atoms with E-state index in [1.54, 1.807) is 0 Å². The Morgan fingerprint density at radius 1 is 0.200 bits per heavy atom. The Morgan fingerprint density at radius 2 is 0.250 bits per heavy atom. The van der Waals surface area contributed by atoms with Crippen LogP contribution in [0.15, 0.2) is 0 Å². The molecule has 0 heterocycles. The summed E-state index contributed by atoms with van der Waals surface area (Å²) in [5.41, 5.74) is 0. The first kappa shape index (κ1) is 44.7. The first-order chi connectivity index (χ1) is 18.1. The third-order valence-electron chi connectivity index (χ3n) is 2.76. The van der Waals surface area contributed by atoms with Crippen LogP contribution in [0.25, 0.3) is 0 Å². The van der Waals surface area contributed by atoms with Gasteiger partial charge in [-0.3, -0.25) is 47.9 Å². The maximum Gasteiger partial charge on any atom is 0.303 e. The van der Waals surface area contributed by atoms with Gasteiger partial charge in [0.05, 0.1) is 64.2 Å². The summed E-state index contributed by atoms with van der Waals surface area (Å²) in [6.07, 6.45) is -2.96. The largest absolute Gasteiger partial charge is 0.481 e. The summed E-state index contributed by atoms with van der Waals surface area (Å²) in [5.74, 6) is -10.8. The minimum absolute atomic E-state index is 0.296. The third kappa shape index (κ3) is 84.7. The molecule has 0 rings (SSSR count). The van der Waals surface area contributed by atoms with Gasteiger partial charge in [-0.25, -0.2) is 0 Å². The van der Waals surface area contributed by atoms with Gasteiger partial charge >= 0.3 is 59.7 Å². The van der Waals surface area contributed by atoms with Crippen LogP contribution in [-0.2, 0) is 47.9 Å². The molecule has 0 unspecified atom stereocenters. The fourth-order valence-corrected chi connectivity index (χ4v) is 1.07. The zero-order chi connectivity index (χ0) is 32.8. The number of carboxylic acids is 10. The van der Waals surface area contributed by atoms with E-state index in [-0.39, 0.29) is 64.2 Å². The summed E-state index contributed by atoms with van der Waals surface area (Å²) in [4.78, 5) is 96.4. The lowest BCUT2D eigenvalue weighted by atomic mass is 10.3. The molecule has 40 heavy (non-hydrogen) atoms. The monoisotopic (exact) mass is 590 g/mol. The topological polar surface area (TPSA) is 373 Å². The van der Waals surface area contributed by atoms with Gasteiger partial charge in [0.25, 0.3) is 0 Å². The van der Waals surface area contributed by atoms with Crippen molar-refractivity contribution in [2.24, 2.45) is 0 Å². The van der Waals surface area contributed by atoms with Gasteiger partial charge in [-0.2, -0.15) is 0 Å². The normalized spacial score (nSPS) is 8.50. The second-order valence-corrected chi connectivity index (χ2v) is 6.44. The quantitative estimate of drug-likeness (QED) is 0.117. The summed E-state index contributed by atoms with van der Waals surface area (Å²) >= 11 is 0. The van der Waals surface area contributed by atoms with Crippen molar-refractivity contribution < 1.29 is 99.0 Å². The van der Waals surface area contributed by atoms with Crippen LogP contribution >= 0.6 is 0 Å². The van der Waals surface area contributed by atoms with Crippen molar-refractivity contribution in [2.75, 3.05) is 0 Å². The first-order valence-corrected chi connectivity index (χ1v) is 10.3. The Bertz CT molecular complexity index is 626. The number of rotatable bonds is 15. The van der Waals surface area contributed by atoms with Gasteiger partial charge < -0.3 is 51.1 Å². The van der Waals surface area contributed by atoms with E-state index in [0.717, 1.165) is 0 Å². The highest BCUT2D eigenvalue weighted by Crippen LogP contribution is 1.88. The van der Waals surface area contributed by atoms with E-state index in [2.05, 4.69) is 0 Å². The number of aliphatic carboxylic acids is 10. The average Bonchev–Trinajstić information content (AvgIpc) is 2.79. The molecule has 230 valence electrons. The average molecular weight is 590 g/mol. The zero-order valence-corrected chi connectivity index (χ0v) is 20.6. The summed E-state index contributed by atoms with van der Waals surface area (Å²) in [5, 5.41) is 79.0. The number of hydrogen-bond acceptors (Lipinski definition) is 10. The Morgan fingerprint density at radius 3 is 0.275 bits per heavy atom. The SMILES string of the molecule is O=C(O)CCC(=O)O.O=C(O)CCC(=O)O.O=C(O)CCC(=O)O.O=C(O)CCC(=O)O.O=C(O)CCC(=O)O. The van der Waals surface area contributed by atoms with Crippen molar-refractivity contribution in [1.29, 1.82) is 0 Å². The van der Waals surface area contributed by atoms with E-state index in [0.29, 0.717) is 0 Å². The van der Waals surface area contributed by atoms with Crippen LogP contribution in [0, 0.1) is 0 Å². The van der Waals surface area contributed by atoms with Crippen LogP contribution in [0.5, 0.6) is 0 Å². The van der Waals surface area contributed by atoms with Gasteiger partial charge in [0.15, 0.2) is 0 Å². The molecule has 0 aliphatic heterocycles. The van der Waals surface area contributed by atoms with Crippen LogP contribution in [0.2, 0.25) is 0 Å². The maximum atomic E-state index is 9.64. The molecule has 10 N–H and O–H groups in total. The second-order valence-electron chi connectivity index (χ2n) is 6.44. The number of carboxylic acid groups (broad SMARTS) is 10. The van der Waals surface area contributed by atoms with Crippen molar-refractivity contribution in [2.45, 2.75) is 64.2 Å². The molecule has 0 aromatic rings. The molecule has 0 amide bonds. The highest BCUT2D eigenvalue weighted by Gasteiger charge is 2.02. The summed E-state index contributed by atoms with van der Waals surface area (Å²) in [7, 11) is 0. The predicted octanol–water partition coefficient (Wildman–Crippen LogP) is -0.321. The Kier molecular flexibility index (Phi) is 33.4. The minimum Gasteiger partial charge on any atom is -0.481 e. The molecule has 0 bridgehead atoms. The first-order valence-electron chi connectivity index (χ1n) is 10.3. The molecular formula is C20H30O20. The lowest BCUT2D eigenvalue weighted by Crippen LogP contribution is -2.00. The van der Waals surface area contributed by atoms with E-state index in [1.165, 1.54) is 0 Å². The van der Waals surface area contributed by atoms with Crippen LogP contribution < -0.4 is 0 Å². The van der Waals surface area contributed by atoms with Crippen LogP contribution in [0.3, 0.4) is 0 Å². The molecule has 0 spiro atoms. The minimum atomic E-state index is -1.08. The molecule has 0 saturated heterocycles. The van der Waals surface area contributed by atoms with Gasteiger partial charge in [-0.15, -0.1) is 0 Å². The molecule has 0 saturated carbocycles. The lowest BCUT2D eigenvalue weighted by Gasteiger charge is -1.85. The Hall–Kier alpha value is -5.30. The van der Waals surface area contributed by atoms with E-state index in [1.807, 2.05) is 0 Å². The van der Waals surface area contributed by atoms with Crippen molar-refractivity contribution >= 4 is 59.7 Å². The molecule has 0 aliphatic carbocycles. The Labute approximate surface area is 223 Å². The molecule has 0 aromatic carbocycles. The van der Waals surface area contributed by atoms with E-state index < -0.39 is 59.7 Å². The van der Waals surface area contributed by atoms with Gasteiger partial charge in [0.1, 0.15) is 0 Å². The van der Waals surface area contributed by atoms with Gasteiger partial charge in [0, 0.05) is 0 Å². The van der Waals surface area contributed by atoms with Crippen molar-refractivity contribution in [3.05, 3.63) is 0 Å². The fraction of sp³-hybridized carbons (Fsp3) is 0.500. The van der Waals surface area contributed by atoms with Crippen molar-refractivity contribution in [3.63, 3.8) is 0 Å². The molecule has 0 fully saturated rings. The fourth-order valence-electron chi connectivity index (χ4n) is 1.07. The number of hydrogen-bond donors (Lipinski definition) is 10. The molecule has 20 nitrogen and oxygen atoms in total. The lowest BCUT2D eigenvalue weighted by molar-refractivity contribution is -0.143. The molecule has 20 heteroatoms. The zero-order valence-electron chi connectivity index (χ0n) is 20.6. The molecule has 0 atom stereocenters. The van der Waals surface area contributed by atoms with Crippen molar-refractivity contribution in [1.82, 2.24) is 0 Å². The van der Waals surface area contributed by atoms with Gasteiger partial charge in [-0.1, -0.05) is 0 Å². The summed E-state index contributed by atoms with van der Waals surface area (Å²) in [6, 6.07) is 0. The van der Waals surface area contributed by atoms with Crippen molar-refractivity contribution in [3.8, 4) is 0 Å². The smallest absolute Gasteiger partial charge is 0.303 e. The third-order valence-corrected chi connectivity index (χ3v) is 2.76. The van der Waals surface area contributed by atoms with Crippen LogP contribution in [-0.4, -0.2) is 111 Å². The highest BCUT2D eigenvalue weighted by atomic mass is 16.4. The second kappa shape index (κ2) is 29.9. The van der Waals surface area contributed by atoms with Gasteiger partial charge in [0.2, 0.25) is 0 Å². The standard InChI is InChI=1S/5C4H6O4/c5*5-3(6)1-2-4(7)8/h5*1-2H2,(H,5,6)(H,7,8). The summed E-state index contributed by atoms with van der Waals surface area (Å²) < 4.78 is 0. The Balaban J connectivity index is -0.000000128.